The molecule has 0 aliphatic carbocycles. The molecule has 1 saturated heterocycles. The van der Waals surface area contributed by atoms with Crippen molar-refractivity contribution in [1.82, 2.24) is 10.2 Å². The Labute approximate surface area is 93.2 Å². The van der Waals surface area contributed by atoms with Crippen LogP contribution in [0.25, 0.3) is 0 Å². The molecule has 1 rings (SSSR count). The van der Waals surface area contributed by atoms with Crippen LogP contribution in [0.1, 0.15) is 41.0 Å². The first-order valence-corrected chi connectivity index (χ1v) is 5.94. The molecule has 1 heterocycles. The van der Waals surface area contributed by atoms with Gasteiger partial charge in [0.2, 0.25) is 0 Å². The topological polar surface area (TPSA) is 32.3 Å². The van der Waals surface area contributed by atoms with E-state index in [-0.39, 0.29) is 11.4 Å². The Morgan fingerprint density at radius 3 is 2.40 bits per heavy atom. The summed E-state index contributed by atoms with van der Waals surface area (Å²) in [5.41, 5.74) is 0.190. The molecule has 0 aromatic carbocycles. The van der Waals surface area contributed by atoms with E-state index in [0.29, 0.717) is 12.0 Å². The number of hydrogen-bond acceptors (Lipinski definition) is 1. The number of rotatable bonds is 4. The van der Waals surface area contributed by atoms with Crippen LogP contribution in [0.15, 0.2) is 0 Å². The van der Waals surface area contributed by atoms with E-state index < -0.39 is 0 Å². The molecule has 2 amide bonds. The van der Waals surface area contributed by atoms with Crippen LogP contribution in [-0.2, 0) is 0 Å². The van der Waals surface area contributed by atoms with Crippen LogP contribution in [0.2, 0.25) is 0 Å². The van der Waals surface area contributed by atoms with Gasteiger partial charge in [-0.15, -0.1) is 0 Å². The molecular weight excluding hydrogens is 188 g/mol. The maximum absolute atomic E-state index is 11.7. The molecule has 1 aliphatic rings. The molecule has 0 aromatic heterocycles. The summed E-state index contributed by atoms with van der Waals surface area (Å²) < 4.78 is 0. The summed E-state index contributed by atoms with van der Waals surface area (Å²) in [5, 5.41) is 2.89. The second-order valence-electron chi connectivity index (χ2n) is 5.46. The number of carbonyl (C=O) groups excluding carboxylic acids is 1. The molecule has 1 N–H and O–H groups in total. The third kappa shape index (κ3) is 2.44. The van der Waals surface area contributed by atoms with Gasteiger partial charge in [-0.25, -0.2) is 4.79 Å². The first kappa shape index (κ1) is 12.3. The Morgan fingerprint density at radius 2 is 2.07 bits per heavy atom. The summed E-state index contributed by atoms with van der Waals surface area (Å²) in [5.74, 6) is 0.504. The van der Waals surface area contributed by atoms with Crippen molar-refractivity contribution in [2.75, 3.05) is 13.1 Å². The minimum atomic E-state index is 0.107. The summed E-state index contributed by atoms with van der Waals surface area (Å²) in [6.07, 6.45) is 1.10. The van der Waals surface area contributed by atoms with Crippen molar-refractivity contribution >= 4 is 6.03 Å². The summed E-state index contributed by atoms with van der Waals surface area (Å²) in [6.45, 7) is 12.8. The summed E-state index contributed by atoms with van der Waals surface area (Å²) in [6, 6.07) is 0.445. The van der Waals surface area contributed by atoms with Crippen LogP contribution in [0.4, 0.5) is 4.79 Å². The lowest BCUT2D eigenvalue weighted by atomic mass is 9.76. The number of amides is 2. The highest BCUT2D eigenvalue weighted by Gasteiger charge is 2.39. The lowest BCUT2D eigenvalue weighted by molar-refractivity contribution is 0.0877. The van der Waals surface area contributed by atoms with Crippen LogP contribution in [0.5, 0.6) is 0 Å². The fourth-order valence-electron chi connectivity index (χ4n) is 2.65. The van der Waals surface area contributed by atoms with E-state index >= 15 is 0 Å². The highest BCUT2D eigenvalue weighted by atomic mass is 16.2. The quantitative estimate of drug-likeness (QED) is 0.763. The standard InChI is InChI=1S/C12H24N2O/c1-6-12(4,5)10(9(2)3)14-8-7-13-11(14)15/h9-10H,6-8H2,1-5H3,(H,13,15). The van der Waals surface area contributed by atoms with Gasteiger partial charge in [0.25, 0.3) is 0 Å². The maximum Gasteiger partial charge on any atom is 0.317 e. The number of carbonyl (C=O) groups is 1. The molecule has 0 bridgehead atoms. The van der Waals surface area contributed by atoms with Gasteiger partial charge in [0, 0.05) is 19.1 Å². The first-order valence-electron chi connectivity index (χ1n) is 5.94. The van der Waals surface area contributed by atoms with Crippen LogP contribution in [0, 0.1) is 11.3 Å². The van der Waals surface area contributed by atoms with E-state index in [1.54, 1.807) is 0 Å². The second kappa shape index (κ2) is 4.42. The molecule has 3 nitrogen and oxygen atoms in total. The SMILES string of the molecule is CCC(C)(C)C(C(C)C)N1CCNC1=O. The molecule has 1 fully saturated rings. The lowest BCUT2D eigenvalue weighted by Gasteiger charge is -2.42. The molecule has 3 heteroatoms. The number of hydrogen-bond donors (Lipinski definition) is 1. The smallest absolute Gasteiger partial charge is 0.317 e. The molecule has 0 radical (unpaired) electrons. The Morgan fingerprint density at radius 1 is 1.47 bits per heavy atom. The Bertz CT molecular complexity index is 236. The summed E-state index contributed by atoms with van der Waals surface area (Å²) in [4.78, 5) is 13.7. The van der Waals surface area contributed by atoms with E-state index in [1.165, 1.54) is 0 Å². The summed E-state index contributed by atoms with van der Waals surface area (Å²) in [7, 11) is 0. The van der Waals surface area contributed by atoms with Gasteiger partial charge in [0.15, 0.2) is 0 Å². The van der Waals surface area contributed by atoms with Crippen molar-refractivity contribution in [3.8, 4) is 0 Å². The third-order valence-corrected chi connectivity index (χ3v) is 3.57. The molecule has 1 atom stereocenters. The molecule has 15 heavy (non-hydrogen) atoms. The highest BCUT2D eigenvalue weighted by molar-refractivity contribution is 5.76. The molecule has 0 saturated carbocycles. The van der Waals surface area contributed by atoms with Crippen LogP contribution >= 0.6 is 0 Å². The predicted octanol–water partition coefficient (Wildman–Crippen LogP) is 2.47. The molecule has 1 unspecified atom stereocenters. The fraction of sp³-hybridized carbons (Fsp3) is 0.917. The van der Waals surface area contributed by atoms with E-state index in [4.69, 9.17) is 0 Å². The zero-order valence-corrected chi connectivity index (χ0v) is 10.6. The zero-order chi connectivity index (χ0) is 11.6. The normalized spacial score (nSPS) is 19.6. The molecule has 0 spiro atoms. The average molecular weight is 212 g/mol. The minimum Gasteiger partial charge on any atom is -0.336 e. The van der Waals surface area contributed by atoms with Crippen molar-refractivity contribution < 1.29 is 4.79 Å². The van der Waals surface area contributed by atoms with Gasteiger partial charge in [0.1, 0.15) is 0 Å². The lowest BCUT2D eigenvalue weighted by Crippen LogP contribution is -2.49. The van der Waals surface area contributed by atoms with Gasteiger partial charge < -0.3 is 10.2 Å². The van der Waals surface area contributed by atoms with Gasteiger partial charge in [-0.3, -0.25) is 0 Å². The maximum atomic E-state index is 11.7. The van der Waals surface area contributed by atoms with E-state index in [1.807, 2.05) is 4.90 Å². The molecule has 0 aromatic rings. The van der Waals surface area contributed by atoms with Gasteiger partial charge in [-0.2, -0.15) is 0 Å². The third-order valence-electron chi connectivity index (χ3n) is 3.57. The van der Waals surface area contributed by atoms with Crippen molar-refractivity contribution in [3.63, 3.8) is 0 Å². The summed E-state index contributed by atoms with van der Waals surface area (Å²) >= 11 is 0. The van der Waals surface area contributed by atoms with Crippen molar-refractivity contribution in [2.24, 2.45) is 11.3 Å². The average Bonchev–Trinajstić information content (AvgIpc) is 2.51. The van der Waals surface area contributed by atoms with Gasteiger partial charge >= 0.3 is 6.03 Å². The first-order chi connectivity index (χ1) is 6.90. The van der Waals surface area contributed by atoms with Crippen molar-refractivity contribution in [1.29, 1.82) is 0 Å². The monoisotopic (exact) mass is 212 g/mol. The van der Waals surface area contributed by atoms with Crippen molar-refractivity contribution in [2.45, 2.75) is 47.1 Å². The molecular formula is C12H24N2O. The fourth-order valence-corrected chi connectivity index (χ4v) is 2.65. The van der Waals surface area contributed by atoms with E-state index in [9.17, 15) is 4.79 Å². The number of urea groups is 1. The van der Waals surface area contributed by atoms with Gasteiger partial charge in [0.05, 0.1) is 0 Å². The van der Waals surface area contributed by atoms with Crippen LogP contribution in [0.3, 0.4) is 0 Å². The number of nitrogens with zero attached hydrogens (tertiary/aromatic N) is 1. The largest absolute Gasteiger partial charge is 0.336 e. The van der Waals surface area contributed by atoms with E-state index in [0.717, 1.165) is 19.5 Å². The van der Waals surface area contributed by atoms with Gasteiger partial charge in [-0.05, 0) is 17.8 Å². The zero-order valence-electron chi connectivity index (χ0n) is 10.6. The molecule has 88 valence electrons. The Balaban J connectivity index is 2.87. The van der Waals surface area contributed by atoms with Crippen molar-refractivity contribution in [3.05, 3.63) is 0 Å². The molecule has 1 aliphatic heterocycles. The Hall–Kier alpha value is -0.730. The second-order valence-corrected chi connectivity index (χ2v) is 5.46. The number of nitrogens with one attached hydrogen (secondary N) is 1. The predicted molar refractivity (Wildman–Crippen MR) is 62.8 cm³/mol. The van der Waals surface area contributed by atoms with Crippen LogP contribution in [-0.4, -0.2) is 30.1 Å². The van der Waals surface area contributed by atoms with Gasteiger partial charge in [-0.1, -0.05) is 34.6 Å². The van der Waals surface area contributed by atoms with E-state index in [2.05, 4.69) is 39.9 Å². The highest BCUT2D eigenvalue weighted by Crippen LogP contribution is 2.34. The minimum absolute atomic E-state index is 0.107. The Kier molecular flexibility index (Phi) is 3.63. The van der Waals surface area contributed by atoms with Crippen LogP contribution < -0.4 is 5.32 Å².